The number of ether oxygens (including phenoxy) is 1. The molecule has 0 aliphatic carbocycles. The Morgan fingerprint density at radius 3 is 3.11 bits per heavy atom. The summed E-state index contributed by atoms with van der Waals surface area (Å²) in [6.45, 7) is 2.09. The van der Waals surface area contributed by atoms with Crippen LogP contribution in [-0.4, -0.2) is 11.5 Å². The highest BCUT2D eigenvalue weighted by molar-refractivity contribution is 9.11. The van der Waals surface area contributed by atoms with Gasteiger partial charge in [-0.1, -0.05) is 47.0 Å². The summed E-state index contributed by atoms with van der Waals surface area (Å²) in [5.41, 5.74) is 0. The third-order valence-corrected chi connectivity index (χ3v) is 4.19. The van der Waals surface area contributed by atoms with Crippen molar-refractivity contribution in [3.05, 3.63) is 34.5 Å². The average Bonchev–Trinajstić information content (AvgIpc) is 2.37. The Hall–Kier alpha value is -0.650. The van der Waals surface area contributed by atoms with Gasteiger partial charge in [0.15, 0.2) is 0 Å². The molecule has 0 N–H and O–H groups in total. The van der Waals surface area contributed by atoms with E-state index in [-0.39, 0.29) is 11.5 Å². The maximum atomic E-state index is 6.35. The van der Waals surface area contributed by atoms with Crippen molar-refractivity contribution < 1.29 is 4.74 Å². The fourth-order valence-electron chi connectivity index (χ4n) is 1.71. The van der Waals surface area contributed by atoms with Gasteiger partial charge >= 0.3 is 0 Å². The molecule has 3 heteroatoms. The van der Waals surface area contributed by atoms with Crippen LogP contribution in [-0.2, 0) is 4.74 Å². The van der Waals surface area contributed by atoms with Crippen LogP contribution in [0, 0.1) is 12.3 Å². The van der Waals surface area contributed by atoms with Crippen LogP contribution in [0.4, 0.5) is 0 Å². The molecule has 0 aromatic rings. The highest BCUT2D eigenvalue weighted by Crippen LogP contribution is 2.28. The van der Waals surface area contributed by atoms with Gasteiger partial charge in [0.05, 0.1) is 5.38 Å². The summed E-state index contributed by atoms with van der Waals surface area (Å²) in [5.74, 6) is 3.45. The van der Waals surface area contributed by atoms with Crippen molar-refractivity contribution in [1.82, 2.24) is 0 Å². The summed E-state index contributed by atoms with van der Waals surface area (Å²) in [7, 11) is 0. The number of halogens is 2. The first-order valence-corrected chi connectivity index (χ1v) is 7.36. The molecule has 2 atom stereocenters. The SMILES string of the molecule is C#C/C=C/C[C@@H]1O/C(=C(/Br)CC)C/C=C\C[C@@H]1Cl. The Morgan fingerprint density at radius 1 is 1.67 bits per heavy atom. The van der Waals surface area contributed by atoms with Gasteiger partial charge in [-0.05, 0) is 18.9 Å². The van der Waals surface area contributed by atoms with Crippen LogP contribution >= 0.6 is 27.5 Å². The number of alkyl halides is 1. The van der Waals surface area contributed by atoms with E-state index in [1.54, 1.807) is 6.08 Å². The molecule has 0 bridgehead atoms. The number of terminal acetylenes is 1. The van der Waals surface area contributed by atoms with Crippen LogP contribution in [0.2, 0.25) is 0 Å². The molecule has 1 rings (SSSR count). The fraction of sp³-hybridized carbons (Fsp3) is 0.467. The summed E-state index contributed by atoms with van der Waals surface area (Å²) >= 11 is 9.91. The fourth-order valence-corrected chi connectivity index (χ4v) is 2.22. The van der Waals surface area contributed by atoms with Gasteiger partial charge in [0, 0.05) is 17.3 Å². The van der Waals surface area contributed by atoms with Crippen LogP contribution in [0.3, 0.4) is 0 Å². The van der Waals surface area contributed by atoms with E-state index in [1.807, 2.05) is 6.08 Å². The van der Waals surface area contributed by atoms with Crippen molar-refractivity contribution >= 4 is 27.5 Å². The van der Waals surface area contributed by atoms with Gasteiger partial charge in [-0.15, -0.1) is 18.0 Å². The van der Waals surface area contributed by atoms with Crippen LogP contribution in [0.5, 0.6) is 0 Å². The van der Waals surface area contributed by atoms with Crippen molar-refractivity contribution in [1.29, 1.82) is 0 Å². The molecular weight excluding hydrogens is 312 g/mol. The summed E-state index contributed by atoms with van der Waals surface area (Å²) in [6, 6.07) is 0. The first kappa shape index (κ1) is 15.4. The van der Waals surface area contributed by atoms with E-state index >= 15 is 0 Å². The summed E-state index contributed by atoms with van der Waals surface area (Å²) in [4.78, 5) is 0. The molecule has 0 aromatic carbocycles. The van der Waals surface area contributed by atoms with Gasteiger partial charge in [0.25, 0.3) is 0 Å². The Labute approximate surface area is 123 Å². The monoisotopic (exact) mass is 328 g/mol. The van der Waals surface area contributed by atoms with Gasteiger partial charge in [-0.2, -0.15) is 0 Å². The molecule has 0 saturated carbocycles. The maximum absolute atomic E-state index is 6.35. The molecule has 0 spiro atoms. The molecule has 1 heterocycles. The zero-order chi connectivity index (χ0) is 13.4. The normalized spacial score (nSPS) is 29.0. The minimum absolute atomic E-state index is 0.0314. The number of allylic oxidation sites excluding steroid dienone is 4. The second-order valence-electron chi connectivity index (χ2n) is 4.07. The van der Waals surface area contributed by atoms with Crippen LogP contribution in [0.15, 0.2) is 34.5 Å². The van der Waals surface area contributed by atoms with Crippen molar-refractivity contribution in [3.63, 3.8) is 0 Å². The Kier molecular flexibility index (Phi) is 7.23. The second kappa shape index (κ2) is 8.45. The van der Waals surface area contributed by atoms with Gasteiger partial charge in [-0.3, -0.25) is 0 Å². The predicted molar refractivity (Wildman–Crippen MR) is 81.7 cm³/mol. The maximum Gasteiger partial charge on any atom is 0.118 e. The van der Waals surface area contributed by atoms with Crippen molar-refractivity contribution in [2.75, 3.05) is 0 Å². The number of hydrogen-bond acceptors (Lipinski definition) is 1. The lowest BCUT2D eigenvalue weighted by molar-refractivity contribution is 0.108. The zero-order valence-electron chi connectivity index (χ0n) is 10.5. The minimum atomic E-state index is -0.0321. The second-order valence-corrected chi connectivity index (χ2v) is 5.59. The van der Waals surface area contributed by atoms with Gasteiger partial charge < -0.3 is 4.74 Å². The predicted octanol–water partition coefficient (Wildman–Crippen LogP) is 4.93. The largest absolute Gasteiger partial charge is 0.492 e. The smallest absolute Gasteiger partial charge is 0.118 e. The van der Waals surface area contributed by atoms with Crippen molar-refractivity contribution in [2.45, 2.75) is 44.1 Å². The lowest BCUT2D eigenvalue weighted by atomic mass is 10.1. The van der Waals surface area contributed by atoms with Gasteiger partial charge in [0.1, 0.15) is 11.9 Å². The molecule has 0 amide bonds. The molecule has 18 heavy (non-hydrogen) atoms. The van der Waals surface area contributed by atoms with Crippen molar-refractivity contribution in [3.8, 4) is 12.3 Å². The molecule has 98 valence electrons. The molecule has 1 aliphatic heterocycles. The van der Waals surface area contributed by atoms with Crippen LogP contribution < -0.4 is 0 Å². The first-order chi connectivity index (χ1) is 8.69. The first-order valence-electron chi connectivity index (χ1n) is 6.13. The highest BCUT2D eigenvalue weighted by atomic mass is 79.9. The average molecular weight is 330 g/mol. The van der Waals surface area contributed by atoms with Gasteiger partial charge in [0.2, 0.25) is 0 Å². The molecule has 1 nitrogen and oxygen atoms in total. The van der Waals surface area contributed by atoms with Crippen molar-refractivity contribution in [2.24, 2.45) is 0 Å². The quantitative estimate of drug-likeness (QED) is 0.405. The van der Waals surface area contributed by atoms with Crippen LogP contribution in [0.25, 0.3) is 0 Å². The third kappa shape index (κ3) is 4.92. The summed E-state index contributed by atoms with van der Waals surface area (Å²) in [6.07, 6.45) is 16.3. The Balaban J connectivity index is 2.82. The highest BCUT2D eigenvalue weighted by Gasteiger charge is 2.22. The lowest BCUT2D eigenvalue weighted by Crippen LogP contribution is -2.25. The van der Waals surface area contributed by atoms with Crippen LogP contribution in [0.1, 0.15) is 32.6 Å². The molecular formula is C15H18BrClO. The third-order valence-electron chi connectivity index (χ3n) is 2.72. The standard InChI is InChI=1S/C15H18BrClO/c1-3-5-6-11-15-13(17)9-7-8-10-14(18-15)12(16)4-2/h1,5-8,13,15H,4,9-11H2,2H3/b6-5+,8-7-,14-12+/t13-,15-/m0/s1. The van der Waals surface area contributed by atoms with E-state index in [0.29, 0.717) is 0 Å². The molecule has 0 saturated heterocycles. The number of rotatable bonds is 3. The summed E-state index contributed by atoms with van der Waals surface area (Å²) < 4.78 is 7.13. The van der Waals surface area contributed by atoms with E-state index in [1.165, 1.54) is 0 Å². The van der Waals surface area contributed by atoms with E-state index in [9.17, 15) is 0 Å². The number of hydrogen-bond donors (Lipinski definition) is 0. The molecule has 0 fully saturated rings. The van der Waals surface area contributed by atoms with Gasteiger partial charge in [-0.25, -0.2) is 0 Å². The topological polar surface area (TPSA) is 9.23 Å². The van der Waals surface area contributed by atoms with E-state index in [2.05, 4.69) is 40.9 Å². The Bertz CT molecular complexity index is 390. The lowest BCUT2D eigenvalue weighted by Gasteiger charge is -2.25. The molecule has 0 aromatic heterocycles. The zero-order valence-corrected chi connectivity index (χ0v) is 12.9. The van der Waals surface area contributed by atoms with E-state index in [0.717, 1.165) is 35.9 Å². The molecule has 1 aliphatic rings. The molecule has 0 unspecified atom stereocenters. The summed E-state index contributed by atoms with van der Waals surface area (Å²) in [5, 5.41) is -0.0314. The Morgan fingerprint density at radius 2 is 2.44 bits per heavy atom. The minimum Gasteiger partial charge on any atom is -0.492 e. The van der Waals surface area contributed by atoms with E-state index < -0.39 is 0 Å². The van der Waals surface area contributed by atoms with E-state index in [4.69, 9.17) is 22.8 Å². The molecule has 0 radical (unpaired) electrons.